The van der Waals surface area contributed by atoms with Gasteiger partial charge in [0.15, 0.2) is 0 Å². The van der Waals surface area contributed by atoms with Gasteiger partial charge in [-0.15, -0.1) is 0 Å². The van der Waals surface area contributed by atoms with E-state index in [4.69, 9.17) is 9.26 Å². The normalized spacial score (nSPS) is 15.0. The third-order valence-corrected chi connectivity index (χ3v) is 4.33. The first kappa shape index (κ1) is 15.2. The Labute approximate surface area is 131 Å². The zero-order chi connectivity index (χ0) is 15.5. The second kappa shape index (κ2) is 6.58. The first-order valence-electron chi connectivity index (χ1n) is 7.85. The molecule has 0 saturated heterocycles. The number of hydrogen-bond acceptors (Lipinski definition) is 5. The lowest BCUT2D eigenvalue weighted by Gasteiger charge is -2.29. The van der Waals surface area contributed by atoms with Crippen LogP contribution in [-0.4, -0.2) is 28.2 Å². The van der Waals surface area contributed by atoms with Crippen LogP contribution >= 0.6 is 0 Å². The number of ether oxygens (including phenoxy) is 1. The Morgan fingerprint density at radius 2 is 2.18 bits per heavy atom. The van der Waals surface area contributed by atoms with Gasteiger partial charge in [-0.3, -0.25) is 9.88 Å². The molecule has 1 aliphatic rings. The summed E-state index contributed by atoms with van der Waals surface area (Å²) >= 11 is 0. The summed E-state index contributed by atoms with van der Waals surface area (Å²) in [5.74, 6) is 0.923. The van der Waals surface area contributed by atoms with Crippen molar-refractivity contribution in [1.82, 2.24) is 15.0 Å². The van der Waals surface area contributed by atoms with E-state index in [0.29, 0.717) is 6.61 Å². The van der Waals surface area contributed by atoms with Crippen LogP contribution in [0, 0.1) is 13.8 Å². The van der Waals surface area contributed by atoms with Crippen LogP contribution in [0.5, 0.6) is 0 Å². The van der Waals surface area contributed by atoms with Gasteiger partial charge >= 0.3 is 0 Å². The largest absolute Gasteiger partial charge is 0.377 e. The van der Waals surface area contributed by atoms with Crippen LogP contribution in [0.2, 0.25) is 0 Å². The van der Waals surface area contributed by atoms with Crippen molar-refractivity contribution in [1.29, 1.82) is 0 Å². The van der Waals surface area contributed by atoms with E-state index in [0.717, 1.165) is 44.1 Å². The minimum atomic E-state index is 0.663. The zero-order valence-corrected chi connectivity index (χ0v) is 13.6. The average Bonchev–Trinajstić information content (AvgIpc) is 2.84. The van der Waals surface area contributed by atoms with Gasteiger partial charge in [-0.25, -0.2) is 0 Å². The van der Waals surface area contributed by atoms with Gasteiger partial charge < -0.3 is 9.26 Å². The van der Waals surface area contributed by atoms with Gasteiger partial charge in [0.25, 0.3) is 0 Å². The molecule has 0 unspecified atom stereocenters. The highest BCUT2D eigenvalue weighted by Gasteiger charge is 2.21. The molecule has 22 heavy (non-hydrogen) atoms. The molecule has 0 aliphatic carbocycles. The molecule has 0 spiro atoms. The predicted octanol–water partition coefficient (Wildman–Crippen LogP) is 2.78. The molecule has 0 bridgehead atoms. The SMILES string of the molecule is CCOCc1cncc2c1CCN(Cc1c(C)noc1C)C2. The van der Waals surface area contributed by atoms with Crippen LogP contribution in [0.15, 0.2) is 16.9 Å². The Balaban J connectivity index is 1.74. The highest BCUT2D eigenvalue weighted by molar-refractivity contribution is 5.34. The molecule has 0 radical (unpaired) electrons. The fraction of sp³-hybridized carbons (Fsp3) is 0.529. The number of pyridine rings is 1. The predicted molar refractivity (Wildman–Crippen MR) is 83.4 cm³/mol. The fourth-order valence-corrected chi connectivity index (χ4v) is 3.05. The summed E-state index contributed by atoms with van der Waals surface area (Å²) in [5, 5.41) is 4.04. The van der Waals surface area contributed by atoms with Gasteiger partial charge in [0.2, 0.25) is 0 Å². The Morgan fingerprint density at radius 3 is 2.91 bits per heavy atom. The fourth-order valence-electron chi connectivity index (χ4n) is 3.05. The maximum absolute atomic E-state index is 5.55. The lowest BCUT2D eigenvalue weighted by molar-refractivity contribution is 0.132. The van der Waals surface area contributed by atoms with Crippen molar-refractivity contribution in [2.24, 2.45) is 0 Å². The van der Waals surface area contributed by atoms with E-state index in [2.05, 4.69) is 15.0 Å². The third-order valence-electron chi connectivity index (χ3n) is 4.33. The van der Waals surface area contributed by atoms with E-state index in [9.17, 15) is 0 Å². The molecule has 3 heterocycles. The lowest BCUT2D eigenvalue weighted by atomic mass is 9.97. The topological polar surface area (TPSA) is 51.4 Å². The number of rotatable bonds is 5. The van der Waals surface area contributed by atoms with Crippen LogP contribution in [0.25, 0.3) is 0 Å². The highest BCUT2D eigenvalue weighted by Crippen LogP contribution is 2.24. The van der Waals surface area contributed by atoms with Crippen molar-refractivity contribution < 1.29 is 9.26 Å². The molecule has 0 fully saturated rings. The zero-order valence-electron chi connectivity index (χ0n) is 13.6. The standard InChI is InChI=1S/C17H23N3O2/c1-4-21-11-15-8-18-7-14-9-20(6-5-16(14)15)10-17-12(2)19-22-13(17)3/h7-8H,4-6,9-11H2,1-3H3. The molecular weight excluding hydrogens is 278 g/mol. The smallest absolute Gasteiger partial charge is 0.138 e. The Morgan fingerprint density at radius 1 is 1.32 bits per heavy atom. The lowest BCUT2D eigenvalue weighted by Crippen LogP contribution is -2.31. The quantitative estimate of drug-likeness (QED) is 0.850. The van der Waals surface area contributed by atoms with Crippen molar-refractivity contribution in [2.75, 3.05) is 13.2 Å². The number of fused-ring (bicyclic) bond motifs is 1. The number of hydrogen-bond donors (Lipinski definition) is 0. The second-order valence-corrected chi connectivity index (χ2v) is 5.84. The van der Waals surface area contributed by atoms with Crippen molar-refractivity contribution in [3.63, 3.8) is 0 Å². The van der Waals surface area contributed by atoms with Crippen molar-refractivity contribution >= 4 is 0 Å². The maximum Gasteiger partial charge on any atom is 0.138 e. The van der Waals surface area contributed by atoms with Crippen LogP contribution < -0.4 is 0 Å². The summed E-state index contributed by atoms with van der Waals surface area (Å²) in [7, 11) is 0. The summed E-state index contributed by atoms with van der Waals surface area (Å²) in [6.45, 7) is 10.3. The van der Waals surface area contributed by atoms with Crippen LogP contribution in [0.3, 0.4) is 0 Å². The van der Waals surface area contributed by atoms with Crippen molar-refractivity contribution in [2.45, 2.75) is 46.9 Å². The highest BCUT2D eigenvalue weighted by atomic mass is 16.5. The molecule has 0 aromatic carbocycles. The van der Waals surface area contributed by atoms with Crippen LogP contribution in [0.1, 0.15) is 40.6 Å². The van der Waals surface area contributed by atoms with Gasteiger partial charge in [-0.1, -0.05) is 5.16 Å². The Kier molecular flexibility index (Phi) is 4.55. The molecule has 2 aromatic heterocycles. The van der Waals surface area contributed by atoms with E-state index in [-0.39, 0.29) is 0 Å². The summed E-state index contributed by atoms with van der Waals surface area (Å²) in [6.07, 6.45) is 4.98. The molecule has 2 aromatic rings. The Hall–Kier alpha value is -1.72. The van der Waals surface area contributed by atoms with Crippen molar-refractivity contribution in [3.8, 4) is 0 Å². The monoisotopic (exact) mass is 301 g/mol. The van der Waals surface area contributed by atoms with E-state index in [1.807, 2.05) is 33.2 Å². The summed E-state index contributed by atoms with van der Waals surface area (Å²) in [6, 6.07) is 0. The van der Waals surface area contributed by atoms with E-state index in [1.54, 1.807) is 0 Å². The molecule has 0 amide bonds. The van der Waals surface area contributed by atoms with E-state index < -0.39 is 0 Å². The van der Waals surface area contributed by atoms with Crippen LogP contribution in [0.4, 0.5) is 0 Å². The molecular formula is C17H23N3O2. The maximum atomic E-state index is 5.55. The van der Waals surface area contributed by atoms with Gasteiger partial charge in [0, 0.05) is 44.2 Å². The van der Waals surface area contributed by atoms with E-state index >= 15 is 0 Å². The first-order valence-corrected chi connectivity index (χ1v) is 7.85. The van der Waals surface area contributed by atoms with Gasteiger partial charge in [-0.05, 0) is 43.9 Å². The van der Waals surface area contributed by atoms with E-state index in [1.165, 1.54) is 22.3 Å². The summed E-state index contributed by atoms with van der Waals surface area (Å²) in [5.41, 5.74) is 6.17. The molecule has 0 saturated carbocycles. The van der Waals surface area contributed by atoms with Crippen molar-refractivity contribution in [3.05, 3.63) is 46.1 Å². The molecule has 3 rings (SSSR count). The number of nitrogens with zero attached hydrogens (tertiary/aromatic N) is 3. The first-order chi connectivity index (χ1) is 10.7. The van der Waals surface area contributed by atoms with Crippen LogP contribution in [-0.2, 0) is 30.9 Å². The van der Waals surface area contributed by atoms with Gasteiger partial charge in [-0.2, -0.15) is 0 Å². The molecule has 0 atom stereocenters. The number of aromatic nitrogens is 2. The average molecular weight is 301 g/mol. The minimum absolute atomic E-state index is 0.663. The molecule has 5 nitrogen and oxygen atoms in total. The van der Waals surface area contributed by atoms with Gasteiger partial charge in [0.1, 0.15) is 5.76 Å². The molecule has 1 aliphatic heterocycles. The summed E-state index contributed by atoms with van der Waals surface area (Å²) < 4.78 is 10.8. The minimum Gasteiger partial charge on any atom is -0.377 e. The molecule has 5 heteroatoms. The van der Waals surface area contributed by atoms with Gasteiger partial charge in [0.05, 0.1) is 12.3 Å². The Bertz CT molecular complexity index is 632. The molecule has 118 valence electrons. The second-order valence-electron chi connectivity index (χ2n) is 5.84. The third kappa shape index (κ3) is 3.05. The number of aryl methyl sites for hydroxylation is 2. The molecule has 0 N–H and O–H groups in total. The summed E-state index contributed by atoms with van der Waals surface area (Å²) in [4.78, 5) is 6.81.